The van der Waals surface area contributed by atoms with Crippen LogP contribution in [0.3, 0.4) is 0 Å². The van der Waals surface area contributed by atoms with Gasteiger partial charge in [-0.3, -0.25) is 23.8 Å². The van der Waals surface area contributed by atoms with Gasteiger partial charge in [0.25, 0.3) is 16.0 Å². The van der Waals surface area contributed by atoms with Crippen molar-refractivity contribution in [2.75, 3.05) is 5.75 Å². The van der Waals surface area contributed by atoms with Gasteiger partial charge in [0, 0.05) is 11.3 Å². The Labute approximate surface area is 163 Å². The molecule has 3 rings (SSSR count). The molecule has 0 unspecified atom stereocenters. The Balaban J connectivity index is 1.75. The van der Waals surface area contributed by atoms with Gasteiger partial charge >= 0.3 is 5.97 Å². The maximum absolute atomic E-state index is 12.3. The number of hydrogen-bond donors (Lipinski definition) is 3. The Hall–Kier alpha value is -2.70. The Kier molecular flexibility index (Phi) is 5.28. The summed E-state index contributed by atoms with van der Waals surface area (Å²) in [5.74, 6) is -2.67. The molecule has 1 aromatic carbocycles. The summed E-state index contributed by atoms with van der Waals surface area (Å²) in [7, 11) is -4.52. The molecule has 0 spiro atoms. The number of thioether (sulfide) groups is 1. The molecule has 28 heavy (non-hydrogen) atoms. The van der Waals surface area contributed by atoms with Crippen molar-refractivity contribution in [1.82, 2.24) is 10.2 Å². The second-order valence-corrected chi connectivity index (χ2v) is 8.51. The van der Waals surface area contributed by atoms with Crippen molar-refractivity contribution >= 4 is 45.9 Å². The predicted molar refractivity (Wildman–Crippen MR) is 95.7 cm³/mol. The molecule has 2 aliphatic rings. The number of carbonyl (C=O) groups excluding carboxylic acids is 3. The summed E-state index contributed by atoms with van der Waals surface area (Å²) in [6.07, 6.45) is -0.0174. The fourth-order valence-corrected chi connectivity index (χ4v) is 5.05. The van der Waals surface area contributed by atoms with Gasteiger partial charge in [-0.15, -0.1) is 11.8 Å². The standard InChI is InChI=1S/C16H14N2O8S2/c19-6-9-7-27-15-12(14(21)18(15)13(9)16(22)23)17-11(20)5-8-3-1-2-4-10(8)28(24,25)26/h1-4,6,12,15H,5,7H2,(H,17,20)(H,22,23)(H,24,25,26)/t12-,15-/m1/s1. The smallest absolute Gasteiger partial charge is 0.353 e. The normalized spacial score (nSPS) is 21.6. The SMILES string of the molecule is O=CC1=C(C(=O)O)N2C(=O)[C@@H](NC(=O)Cc3ccccc3S(=O)(=O)O)[C@H]2SC1. The number of hydrogen-bond acceptors (Lipinski definition) is 7. The van der Waals surface area contributed by atoms with E-state index in [-0.39, 0.29) is 16.9 Å². The molecule has 2 atom stereocenters. The van der Waals surface area contributed by atoms with Gasteiger partial charge in [-0.1, -0.05) is 18.2 Å². The molecule has 2 heterocycles. The molecule has 0 aliphatic carbocycles. The molecular formula is C16H14N2O8S2. The van der Waals surface area contributed by atoms with Crippen LogP contribution < -0.4 is 5.32 Å². The Morgan fingerprint density at radius 1 is 1.32 bits per heavy atom. The van der Waals surface area contributed by atoms with Crippen LogP contribution in [0, 0.1) is 0 Å². The number of rotatable bonds is 6. The number of carbonyl (C=O) groups is 4. The van der Waals surface area contributed by atoms with Crippen LogP contribution in [0.4, 0.5) is 0 Å². The first-order chi connectivity index (χ1) is 13.1. The fourth-order valence-electron chi connectivity index (χ4n) is 3.03. The molecule has 0 aromatic heterocycles. The highest BCUT2D eigenvalue weighted by Gasteiger charge is 2.54. The first-order valence-corrected chi connectivity index (χ1v) is 10.3. The van der Waals surface area contributed by atoms with Crippen LogP contribution in [0.1, 0.15) is 5.56 Å². The maximum atomic E-state index is 12.3. The lowest BCUT2D eigenvalue weighted by atomic mass is 10.0. The summed E-state index contributed by atoms with van der Waals surface area (Å²) in [6.45, 7) is 0. The lowest BCUT2D eigenvalue weighted by Gasteiger charge is -2.49. The van der Waals surface area contributed by atoms with E-state index in [1.165, 1.54) is 18.2 Å². The number of carboxylic acid groups (broad SMARTS) is 1. The maximum Gasteiger partial charge on any atom is 0.353 e. The molecular weight excluding hydrogens is 412 g/mol. The summed E-state index contributed by atoms with van der Waals surface area (Å²) < 4.78 is 32.0. The van der Waals surface area contributed by atoms with Crippen molar-refractivity contribution in [2.24, 2.45) is 0 Å². The summed E-state index contributed by atoms with van der Waals surface area (Å²) >= 11 is 1.14. The average molecular weight is 426 g/mol. The van der Waals surface area contributed by atoms with E-state index < -0.39 is 56.3 Å². The topological polar surface area (TPSA) is 158 Å². The van der Waals surface area contributed by atoms with Gasteiger partial charge < -0.3 is 10.4 Å². The Morgan fingerprint density at radius 3 is 2.61 bits per heavy atom. The fraction of sp³-hybridized carbons (Fsp3) is 0.250. The van der Waals surface area contributed by atoms with Crippen molar-refractivity contribution in [1.29, 1.82) is 0 Å². The number of aliphatic carboxylic acids is 1. The summed E-state index contributed by atoms with van der Waals surface area (Å²) in [4.78, 5) is 47.6. The molecule has 2 amide bonds. The van der Waals surface area contributed by atoms with Crippen LogP contribution in [0.15, 0.2) is 40.4 Å². The lowest BCUT2D eigenvalue weighted by Crippen LogP contribution is -2.70. The van der Waals surface area contributed by atoms with Crippen molar-refractivity contribution in [3.63, 3.8) is 0 Å². The third kappa shape index (κ3) is 3.53. The van der Waals surface area contributed by atoms with E-state index >= 15 is 0 Å². The summed E-state index contributed by atoms with van der Waals surface area (Å²) in [6, 6.07) is 4.39. The number of β-lactam (4-membered cyclic amide) rings is 1. The zero-order valence-electron chi connectivity index (χ0n) is 14.1. The molecule has 10 nitrogen and oxygen atoms in total. The number of amides is 2. The highest BCUT2D eigenvalue weighted by molar-refractivity contribution is 8.00. The van der Waals surface area contributed by atoms with Gasteiger partial charge in [0.15, 0.2) is 0 Å². The van der Waals surface area contributed by atoms with E-state index in [1.807, 2.05) is 0 Å². The van der Waals surface area contributed by atoms with Crippen LogP contribution >= 0.6 is 11.8 Å². The zero-order valence-corrected chi connectivity index (χ0v) is 15.7. The van der Waals surface area contributed by atoms with Gasteiger partial charge in [0.2, 0.25) is 5.91 Å². The predicted octanol–water partition coefficient (Wildman–Crippen LogP) is -0.587. The van der Waals surface area contributed by atoms with E-state index in [0.29, 0.717) is 6.29 Å². The van der Waals surface area contributed by atoms with Gasteiger partial charge in [-0.25, -0.2) is 4.79 Å². The zero-order chi connectivity index (χ0) is 20.6. The van der Waals surface area contributed by atoms with Crippen LogP contribution in [-0.4, -0.2) is 64.2 Å². The highest BCUT2D eigenvalue weighted by Crippen LogP contribution is 2.39. The molecule has 0 saturated carbocycles. The molecule has 0 radical (unpaired) electrons. The van der Waals surface area contributed by atoms with E-state index in [1.54, 1.807) is 0 Å². The average Bonchev–Trinajstić information content (AvgIpc) is 2.64. The minimum absolute atomic E-state index is 0.0195. The minimum atomic E-state index is -4.52. The summed E-state index contributed by atoms with van der Waals surface area (Å²) in [5, 5.41) is 11.0. The third-order valence-electron chi connectivity index (χ3n) is 4.26. The first-order valence-electron chi connectivity index (χ1n) is 7.86. The molecule has 1 saturated heterocycles. The van der Waals surface area contributed by atoms with Gasteiger partial charge in [0.1, 0.15) is 23.4 Å². The monoisotopic (exact) mass is 426 g/mol. The Morgan fingerprint density at radius 2 is 2.00 bits per heavy atom. The second-order valence-electron chi connectivity index (χ2n) is 6.01. The first kappa shape index (κ1) is 20.0. The van der Waals surface area contributed by atoms with Gasteiger partial charge in [0.05, 0.1) is 11.3 Å². The van der Waals surface area contributed by atoms with E-state index in [2.05, 4.69) is 5.32 Å². The summed E-state index contributed by atoms with van der Waals surface area (Å²) in [5.41, 5.74) is -0.364. The Bertz CT molecular complexity index is 1020. The molecule has 0 bridgehead atoms. The van der Waals surface area contributed by atoms with Crippen molar-refractivity contribution < 1.29 is 37.3 Å². The van der Waals surface area contributed by atoms with Crippen LogP contribution in [0.5, 0.6) is 0 Å². The van der Waals surface area contributed by atoms with Crippen LogP contribution in [0.2, 0.25) is 0 Å². The second kappa shape index (κ2) is 7.37. The lowest BCUT2D eigenvalue weighted by molar-refractivity contribution is -0.150. The molecule has 12 heteroatoms. The van der Waals surface area contributed by atoms with E-state index in [4.69, 9.17) is 0 Å². The third-order valence-corrected chi connectivity index (χ3v) is 6.52. The molecule has 1 aromatic rings. The number of benzene rings is 1. The van der Waals surface area contributed by atoms with Gasteiger partial charge in [-0.2, -0.15) is 8.42 Å². The number of nitrogens with zero attached hydrogens (tertiary/aromatic N) is 1. The highest BCUT2D eigenvalue weighted by atomic mass is 32.2. The van der Waals surface area contributed by atoms with Gasteiger partial charge in [-0.05, 0) is 11.6 Å². The van der Waals surface area contributed by atoms with Crippen LogP contribution in [0.25, 0.3) is 0 Å². The number of fused-ring (bicyclic) bond motifs is 1. The van der Waals surface area contributed by atoms with Crippen molar-refractivity contribution in [3.8, 4) is 0 Å². The van der Waals surface area contributed by atoms with E-state index in [0.717, 1.165) is 22.7 Å². The van der Waals surface area contributed by atoms with E-state index in [9.17, 15) is 37.3 Å². The number of aldehydes is 1. The number of nitrogens with one attached hydrogen (secondary N) is 1. The minimum Gasteiger partial charge on any atom is -0.477 e. The largest absolute Gasteiger partial charge is 0.477 e. The number of carboxylic acids is 1. The van der Waals surface area contributed by atoms with Crippen molar-refractivity contribution in [2.45, 2.75) is 22.7 Å². The van der Waals surface area contributed by atoms with Crippen LogP contribution in [-0.2, 0) is 35.7 Å². The molecule has 2 aliphatic heterocycles. The molecule has 1 fully saturated rings. The quantitative estimate of drug-likeness (QED) is 0.307. The van der Waals surface area contributed by atoms with Crippen molar-refractivity contribution in [3.05, 3.63) is 41.1 Å². The molecule has 148 valence electrons. The molecule has 3 N–H and O–H groups in total.